The van der Waals surface area contributed by atoms with Crippen LogP contribution in [0.25, 0.3) is 0 Å². The molecular formula is C9H14ClN3O. The fourth-order valence-corrected chi connectivity index (χ4v) is 1.90. The highest BCUT2D eigenvalue weighted by molar-refractivity contribution is 6.30. The van der Waals surface area contributed by atoms with Gasteiger partial charge in [-0.3, -0.25) is 0 Å². The Morgan fingerprint density at radius 3 is 2.93 bits per heavy atom. The van der Waals surface area contributed by atoms with E-state index in [1.54, 1.807) is 6.33 Å². The minimum absolute atomic E-state index is 0.507. The molecule has 1 aliphatic heterocycles. The molecule has 2 heterocycles. The highest BCUT2D eigenvalue weighted by Crippen LogP contribution is 2.22. The minimum atomic E-state index is -0.628. The summed E-state index contributed by atoms with van der Waals surface area (Å²) in [6.45, 7) is 4.14. The number of aromatic nitrogens is 2. The second-order valence-corrected chi connectivity index (χ2v) is 4.13. The molecule has 0 saturated carbocycles. The van der Waals surface area contributed by atoms with Gasteiger partial charge in [0.25, 0.3) is 0 Å². The van der Waals surface area contributed by atoms with Crippen LogP contribution in [-0.2, 0) is 13.0 Å². The Balaban J connectivity index is 2.18. The number of rotatable bonds is 3. The third kappa shape index (κ3) is 1.65. The van der Waals surface area contributed by atoms with Crippen molar-refractivity contribution in [3.63, 3.8) is 0 Å². The summed E-state index contributed by atoms with van der Waals surface area (Å²) >= 11 is 5.95. The molecule has 1 aromatic rings. The molecule has 0 amide bonds. The van der Waals surface area contributed by atoms with Crippen LogP contribution in [0.5, 0.6) is 0 Å². The first-order chi connectivity index (χ1) is 6.64. The third-order valence-corrected chi connectivity index (χ3v) is 2.96. The van der Waals surface area contributed by atoms with Gasteiger partial charge in [0.2, 0.25) is 0 Å². The standard InChI is InChI=1S/C9H14ClN3O/c1-2-13-6-12-8(10)7(13)3-9(14)4-11-5-9/h6,11,14H,2-5H2,1H3. The van der Waals surface area contributed by atoms with Gasteiger partial charge in [-0.25, -0.2) is 4.98 Å². The predicted molar refractivity (Wildman–Crippen MR) is 54.4 cm³/mol. The fourth-order valence-electron chi connectivity index (χ4n) is 1.68. The molecule has 0 atom stereocenters. The summed E-state index contributed by atoms with van der Waals surface area (Å²) in [5.41, 5.74) is 0.300. The summed E-state index contributed by atoms with van der Waals surface area (Å²) in [6, 6.07) is 0. The van der Waals surface area contributed by atoms with E-state index < -0.39 is 5.60 Å². The van der Waals surface area contributed by atoms with E-state index in [9.17, 15) is 5.11 Å². The van der Waals surface area contributed by atoms with E-state index in [2.05, 4.69) is 10.3 Å². The van der Waals surface area contributed by atoms with Crippen molar-refractivity contribution >= 4 is 11.6 Å². The highest BCUT2D eigenvalue weighted by Gasteiger charge is 2.35. The van der Waals surface area contributed by atoms with E-state index >= 15 is 0 Å². The molecular weight excluding hydrogens is 202 g/mol. The van der Waals surface area contributed by atoms with Gasteiger partial charge in [-0.2, -0.15) is 0 Å². The van der Waals surface area contributed by atoms with Gasteiger partial charge in [0.15, 0.2) is 0 Å². The fraction of sp³-hybridized carbons (Fsp3) is 0.667. The predicted octanol–water partition coefficient (Wildman–Crippen LogP) is 0.433. The van der Waals surface area contributed by atoms with Crippen LogP contribution in [0.1, 0.15) is 12.6 Å². The highest BCUT2D eigenvalue weighted by atomic mass is 35.5. The van der Waals surface area contributed by atoms with Gasteiger partial charge in [-0.05, 0) is 6.92 Å². The van der Waals surface area contributed by atoms with Gasteiger partial charge in [0.05, 0.1) is 17.6 Å². The molecule has 0 spiro atoms. The van der Waals surface area contributed by atoms with Crippen molar-refractivity contribution in [3.8, 4) is 0 Å². The number of imidazole rings is 1. The van der Waals surface area contributed by atoms with Crippen LogP contribution in [0.4, 0.5) is 0 Å². The van der Waals surface area contributed by atoms with Crippen LogP contribution < -0.4 is 5.32 Å². The zero-order valence-corrected chi connectivity index (χ0v) is 8.88. The van der Waals surface area contributed by atoms with E-state index in [1.807, 2.05) is 11.5 Å². The summed E-state index contributed by atoms with van der Waals surface area (Å²) in [7, 11) is 0. The van der Waals surface area contributed by atoms with Crippen molar-refractivity contribution in [2.45, 2.75) is 25.5 Å². The normalized spacial score (nSPS) is 19.4. The van der Waals surface area contributed by atoms with Gasteiger partial charge in [0.1, 0.15) is 5.15 Å². The number of β-amino-alcohol motifs (C(OH)–C–C–N with tert-alkyl or cyclic N) is 1. The van der Waals surface area contributed by atoms with Crippen molar-refractivity contribution in [1.29, 1.82) is 0 Å². The lowest BCUT2D eigenvalue weighted by atomic mass is 9.92. The summed E-state index contributed by atoms with van der Waals surface area (Å²) in [5.74, 6) is 0. The maximum Gasteiger partial charge on any atom is 0.150 e. The van der Waals surface area contributed by atoms with Crippen LogP contribution in [-0.4, -0.2) is 33.3 Å². The Morgan fingerprint density at radius 2 is 2.43 bits per heavy atom. The minimum Gasteiger partial charge on any atom is -0.387 e. The molecule has 1 aromatic heterocycles. The zero-order valence-electron chi connectivity index (χ0n) is 8.13. The number of nitrogens with one attached hydrogen (secondary N) is 1. The lowest BCUT2D eigenvalue weighted by Crippen LogP contribution is -2.60. The topological polar surface area (TPSA) is 50.1 Å². The van der Waals surface area contributed by atoms with E-state index in [1.165, 1.54) is 0 Å². The number of aryl methyl sites for hydroxylation is 1. The first-order valence-corrected chi connectivity index (χ1v) is 5.15. The van der Waals surface area contributed by atoms with Gasteiger partial charge >= 0.3 is 0 Å². The lowest BCUT2D eigenvalue weighted by molar-refractivity contribution is -0.0104. The van der Waals surface area contributed by atoms with Gasteiger partial charge in [-0.1, -0.05) is 11.6 Å². The maximum atomic E-state index is 9.96. The third-order valence-electron chi connectivity index (χ3n) is 2.64. The van der Waals surface area contributed by atoms with E-state index in [0.717, 1.165) is 12.2 Å². The van der Waals surface area contributed by atoms with Crippen LogP contribution in [0.2, 0.25) is 5.15 Å². The van der Waals surface area contributed by atoms with Gasteiger partial charge in [-0.15, -0.1) is 0 Å². The number of aliphatic hydroxyl groups is 1. The molecule has 0 radical (unpaired) electrons. The maximum absolute atomic E-state index is 9.96. The van der Waals surface area contributed by atoms with Crippen molar-refractivity contribution in [2.24, 2.45) is 0 Å². The average Bonchev–Trinajstić information content (AvgIpc) is 2.45. The second kappa shape index (κ2) is 3.53. The first kappa shape index (κ1) is 9.96. The number of nitrogens with zero attached hydrogens (tertiary/aromatic N) is 2. The number of hydrogen-bond acceptors (Lipinski definition) is 3. The Hall–Kier alpha value is -0.580. The molecule has 0 bridgehead atoms. The smallest absolute Gasteiger partial charge is 0.150 e. The molecule has 5 heteroatoms. The average molecular weight is 216 g/mol. The Labute approximate surface area is 87.9 Å². The molecule has 2 rings (SSSR count). The van der Waals surface area contributed by atoms with Crippen LogP contribution in [0.3, 0.4) is 0 Å². The summed E-state index contributed by atoms with van der Waals surface area (Å²) in [4.78, 5) is 4.03. The monoisotopic (exact) mass is 215 g/mol. The molecule has 4 nitrogen and oxygen atoms in total. The molecule has 1 aliphatic rings. The summed E-state index contributed by atoms with van der Waals surface area (Å²) in [5, 5.41) is 13.5. The molecule has 78 valence electrons. The van der Waals surface area contributed by atoms with E-state index in [-0.39, 0.29) is 0 Å². The van der Waals surface area contributed by atoms with Crippen molar-refractivity contribution in [2.75, 3.05) is 13.1 Å². The summed E-state index contributed by atoms with van der Waals surface area (Å²) < 4.78 is 1.97. The molecule has 0 aromatic carbocycles. The van der Waals surface area contributed by atoms with Gasteiger partial charge < -0.3 is 15.0 Å². The quantitative estimate of drug-likeness (QED) is 0.769. The van der Waals surface area contributed by atoms with E-state index in [0.29, 0.717) is 24.7 Å². The molecule has 0 aliphatic carbocycles. The first-order valence-electron chi connectivity index (χ1n) is 4.77. The van der Waals surface area contributed by atoms with Gasteiger partial charge in [0, 0.05) is 26.1 Å². The Bertz CT molecular complexity index is 333. The molecule has 0 unspecified atom stereocenters. The summed E-state index contributed by atoms with van der Waals surface area (Å²) in [6.07, 6.45) is 2.29. The zero-order chi connectivity index (χ0) is 10.2. The van der Waals surface area contributed by atoms with Crippen LogP contribution >= 0.6 is 11.6 Å². The number of halogens is 1. The molecule has 1 saturated heterocycles. The van der Waals surface area contributed by atoms with Crippen molar-refractivity contribution in [1.82, 2.24) is 14.9 Å². The molecule has 1 fully saturated rings. The molecule has 2 N–H and O–H groups in total. The second-order valence-electron chi connectivity index (χ2n) is 3.77. The Morgan fingerprint density at radius 1 is 1.71 bits per heavy atom. The van der Waals surface area contributed by atoms with Crippen molar-refractivity contribution in [3.05, 3.63) is 17.2 Å². The van der Waals surface area contributed by atoms with Crippen LogP contribution in [0, 0.1) is 0 Å². The SMILES string of the molecule is CCn1cnc(Cl)c1CC1(O)CNC1. The number of hydrogen-bond donors (Lipinski definition) is 2. The lowest BCUT2D eigenvalue weighted by Gasteiger charge is -2.37. The molecule has 14 heavy (non-hydrogen) atoms. The Kier molecular flexibility index (Phi) is 2.51. The van der Waals surface area contributed by atoms with E-state index in [4.69, 9.17) is 11.6 Å². The van der Waals surface area contributed by atoms with Crippen LogP contribution in [0.15, 0.2) is 6.33 Å². The largest absolute Gasteiger partial charge is 0.387 e. The van der Waals surface area contributed by atoms with Crippen molar-refractivity contribution < 1.29 is 5.11 Å².